The number of thiophene rings is 1. The first-order valence-electron chi connectivity index (χ1n) is 7.80. The number of carbonyl (C=O) groups excluding carboxylic acids is 2. The number of nitrogens with one attached hydrogen (secondary N) is 1. The first kappa shape index (κ1) is 19.9. The fraction of sp³-hybridized carbons (Fsp3) is 0.250. The van der Waals surface area contributed by atoms with E-state index in [0.29, 0.717) is 22.2 Å². The van der Waals surface area contributed by atoms with Gasteiger partial charge < -0.3 is 11.1 Å². The third-order valence-electron chi connectivity index (χ3n) is 4.01. The number of carbonyl (C=O) groups is 2. The van der Waals surface area contributed by atoms with E-state index >= 15 is 0 Å². The molecule has 3 N–H and O–H groups in total. The van der Waals surface area contributed by atoms with Crippen molar-refractivity contribution in [1.29, 1.82) is 0 Å². The molecule has 1 saturated heterocycles. The lowest BCUT2D eigenvalue weighted by molar-refractivity contribution is 0.0399. The van der Waals surface area contributed by atoms with E-state index in [1.54, 1.807) is 24.3 Å². The van der Waals surface area contributed by atoms with Gasteiger partial charge in [0.1, 0.15) is 14.9 Å². The molecule has 3 rings (SSSR count). The Balaban J connectivity index is 1.92. The maximum Gasteiger partial charge on any atom is 0.256 e. The molecule has 0 spiro atoms. The second-order valence-corrected chi connectivity index (χ2v) is 10.2. The van der Waals surface area contributed by atoms with Crippen LogP contribution in [0.1, 0.15) is 27.6 Å². The normalized spacial score (nSPS) is 16.6. The van der Waals surface area contributed by atoms with Crippen molar-refractivity contribution in [2.75, 3.05) is 18.4 Å². The highest BCUT2D eigenvalue weighted by Gasteiger charge is 2.46. The maximum absolute atomic E-state index is 13.7. The minimum Gasteiger partial charge on any atom is -0.366 e. The zero-order valence-corrected chi connectivity index (χ0v) is 17.0. The Hall–Kier alpha value is -1.87. The molecule has 1 aromatic heterocycles. The number of amides is 2. The highest BCUT2D eigenvalue weighted by Crippen LogP contribution is 2.37. The number of sulfonamides is 1. The molecule has 1 atom stereocenters. The second-order valence-electron chi connectivity index (χ2n) is 6.40. The van der Waals surface area contributed by atoms with Gasteiger partial charge in [-0.1, -0.05) is 18.2 Å². The van der Waals surface area contributed by atoms with Crippen LogP contribution in [0.4, 0.5) is 9.39 Å². The number of rotatable bonds is 5. The first-order valence-corrected chi connectivity index (χ1v) is 10.6. The largest absolute Gasteiger partial charge is 0.366 e. The number of nitrogens with zero attached hydrogens (tertiary/aromatic N) is 1. The Labute approximate surface area is 162 Å². The van der Waals surface area contributed by atoms with Crippen molar-refractivity contribution >= 4 is 52.7 Å². The molecule has 0 bridgehead atoms. The van der Waals surface area contributed by atoms with Gasteiger partial charge in [-0.25, -0.2) is 12.8 Å². The highest BCUT2D eigenvalue weighted by atomic mass is 32.2. The van der Waals surface area contributed by atoms with Crippen LogP contribution in [-0.4, -0.2) is 43.3 Å². The average Bonchev–Trinajstić information content (AvgIpc) is 2.97. The molecule has 2 heterocycles. The first-order chi connectivity index (χ1) is 12.5. The number of primary amides is 1. The Morgan fingerprint density at radius 2 is 1.93 bits per heavy atom. The van der Waals surface area contributed by atoms with Crippen LogP contribution in [0, 0.1) is 0 Å². The number of halogens is 1. The van der Waals surface area contributed by atoms with E-state index in [-0.39, 0.29) is 27.9 Å². The third kappa shape index (κ3) is 3.89. The molecule has 1 unspecified atom stereocenters. The summed E-state index contributed by atoms with van der Waals surface area (Å²) >= 11 is 0.710. The van der Waals surface area contributed by atoms with Crippen molar-refractivity contribution in [2.45, 2.75) is 16.8 Å². The molecule has 0 saturated carbocycles. The molecule has 1 aliphatic rings. The summed E-state index contributed by atoms with van der Waals surface area (Å²) in [4.78, 5) is 24.2. The smallest absolute Gasteiger partial charge is 0.256 e. The summed E-state index contributed by atoms with van der Waals surface area (Å²) in [6.07, 6.45) is 0. The highest BCUT2D eigenvalue weighted by molar-refractivity contribution is 7.91. The van der Waals surface area contributed by atoms with E-state index < -0.39 is 27.5 Å². The Morgan fingerprint density at radius 3 is 2.48 bits per heavy atom. The van der Waals surface area contributed by atoms with Crippen LogP contribution >= 0.6 is 20.6 Å². The summed E-state index contributed by atoms with van der Waals surface area (Å²) in [5, 5.41) is 3.21. The molecule has 1 aliphatic heterocycles. The van der Waals surface area contributed by atoms with Gasteiger partial charge in [0.05, 0.1) is 5.56 Å². The van der Waals surface area contributed by atoms with Gasteiger partial charge in [-0.15, -0.1) is 20.6 Å². The lowest BCUT2D eigenvalue weighted by Crippen LogP contribution is -2.58. The summed E-state index contributed by atoms with van der Waals surface area (Å²) in [7, 11) is -1.55. The zero-order valence-electron chi connectivity index (χ0n) is 14.2. The van der Waals surface area contributed by atoms with Gasteiger partial charge in [0.15, 0.2) is 0 Å². The van der Waals surface area contributed by atoms with Crippen molar-refractivity contribution < 1.29 is 22.4 Å². The van der Waals surface area contributed by atoms with E-state index in [4.69, 9.17) is 5.73 Å². The van der Waals surface area contributed by atoms with Crippen molar-refractivity contribution in [3.05, 3.63) is 41.5 Å². The van der Waals surface area contributed by atoms with Crippen molar-refractivity contribution in [3.63, 3.8) is 0 Å². The summed E-state index contributed by atoms with van der Waals surface area (Å²) in [5.74, 6) is -1.38. The van der Waals surface area contributed by atoms with Crippen LogP contribution in [0.5, 0.6) is 0 Å². The monoisotopic (exact) mass is 429 g/mol. The van der Waals surface area contributed by atoms with Gasteiger partial charge in [-0.3, -0.25) is 9.59 Å². The number of alkyl halides is 1. The number of benzene rings is 1. The number of anilines is 1. The van der Waals surface area contributed by atoms with Crippen LogP contribution in [0.15, 0.2) is 34.5 Å². The molecule has 1 aromatic carbocycles. The number of hydrogen-bond acceptors (Lipinski definition) is 5. The van der Waals surface area contributed by atoms with Crippen molar-refractivity contribution in [3.8, 4) is 0 Å². The van der Waals surface area contributed by atoms with Gasteiger partial charge in [-0.05, 0) is 24.4 Å². The topological polar surface area (TPSA) is 110 Å². The van der Waals surface area contributed by atoms with Crippen LogP contribution in [-0.2, 0) is 10.0 Å². The molecule has 2 aromatic rings. The lowest BCUT2D eigenvalue weighted by Gasteiger charge is -2.40. The summed E-state index contributed by atoms with van der Waals surface area (Å²) in [5.41, 5.74) is 3.99. The predicted molar refractivity (Wildman–Crippen MR) is 105 cm³/mol. The summed E-state index contributed by atoms with van der Waals surface area (Å²) in [6.45, 7) is 0.788. The molecule has 0 radical (unpaired) electrons. The molecular weight excluding hydrogens is 412 g/mol. The molecule has 7 nitrogen and oxygen atoms in total. The number of nitrogens with two attached hydrogens (primary N) is 1. The van der Waals surface area contributed by atoms with Crippen molar-refractivity contribution in [1.82, 2.24) is 4.31 Å². The molecule has 2 amide bonds. The Bertz CT molecular complexity index is 1030. The Kier molecular flexibility index (Phi) is 5.11. The van der Waals surface area contributed by atoms with Gasteiger partial charge in [0.25, 0.3) is 21.8 Å². The van der Waals surface area contributed by atoms with Crippen LogP contribution in [0.3, 0.4) is 0 Å². The van der Waals surface area contributed by atoms with Crippen LogP contribution < -0.4 is 16.4 Å². The van der Waals surface area contributed by atoms with E-state index in [1.165, 1.54) is 6.92 Å². The maximum atomic E-state index is 13.7. The van der Waals surface area contributed by atoms with Gasteiger partial charge in [-0.2, -0.15) is 4.31 Å². The van der Waals surface area contributed by atoms with E-state index in [2.05, 4.69) is 14.6 Å². The minimum absolute atomic E-state index is 0.0304. The standard InChI is InChI=1S/C16H17FN3O4PS2/c1-16(17)7-20(8-16)27(23,24)12-6-10(13(18)21)15(26-12)19-14(22)9-4-2-3-5-11(9)25/h2-6H,7-8,25H2,1H3,(H2,18,21)(H,19,22). The van der Waals surface area contributed by atoms with Crippen LogP contribution in [0.25, 0.3) is 0 Å². The lowest BCUT2D eigenvalue weighted by atomic mass is 10.0. The van der Waals surface area contributed by atoms with Crippen LogP contribution in [0.2, 0.25) is 0 Å². The van der Waals surface area contributed by atoms with Gasteiger partial charge >= 0.3 is 0 Å². The quantitative estimate of drug-likeness (QED) is 0.699. The minimum atomic E-state index is -3.97. The second kappa shape index (κ2) is 6.94. The number of hydrogen-bond donors (Lipinski definition) is 2. The molecule has 1 fully saturated rings. The van der Waals surface area contributed by atoms with E-state index in [0.717, 1.165) is 10.4 Å². The summed E-state index contributed by atoms with van der Waals surface area (Å²) in [6, 6.07) is 7.86. The van der Waals surface area contributed by atoms with Gasteiger partial charge in [0, 0.05) is 18.7 Å². The van der Waals surface area contributed by atoms with Crippen molar-refractivity contribution in [2.24, 2.45) is 5.73 Å². The van der Waals surface area contributed by atoms with E-state index in [9.17, 15) is 22.4 Å². The fourth-order valence-electron chi connectivity index (χ4n) is 2.63. The zero-order chi connectivity index (χ0) is 20.0. The molecular formula is C16H17FN3O4PS2. The molecule has 27 heavy (non-hydrogen) atoms. The fourth-order valence-corrected chi connectivity index (χ4v) is 6.15. The molecule has 144 valence electrons. The SMILES string of the molecule is CC1(F)CN(S(=O)(=O)c2cc(C(N)=O)c(NC(=O)c3ccccc3P)s2)C1. The predicted octanol–water partition coefficient (Wildman–Crippen LogP) is 1.33. The molecule has 0 aliphatic carbocycles. The third-order valence-corrected chi connectivity index (χ3v) is 7.81. The Morgan fingerprint density at radius 1 is 1.30 bits per heavy atom. The summed E-state index contributed by atoms with van der Waals surface area (Å²) < 4.78 is 39.7. The molecule has 11 heteroatoms. The van der Waals surface area contributed by atoms with Gasteiger partial charge in [0.2, 0.25) is 0 Å². The average molecular weight is 429 g/mol. The van der Waals surface area contributed by atoms with E-state index in [1.807, 2.05) is 0 Å².